The van der Waals surface area contributed by atoms with Crippen LogP contribution in [0.25, 0.3) is 11.1 Å². The van der Waals surface area contributed by atoms with Crippen molar-refractivity contribution in [2.24, 2.45) is 0 Å². The van der Waals surface area contributed by atoms with Gasteiger partial charge < -0.3 is 4.90 Å². The summed E-state index contributed by atoms with van der Waals surface area (Å²) in [5.41, 5.74) is 3.05. The molecule has 0 aliphatic carbocycles. The molecular formula is C19H18F3N2O. The maximum atomic E-state index is 12.3. The first-order valence-corrected chi connectivity index (χ1v) is 8.19. The predicted molar refractivity (Wildman–Crippen MR) is 87.7 cm³/mol. The molecule has 0 saturated carbocycles. The van der Waals surface area contributed by atoms with Crippen LogP contribution < -0.4 is 0 Å². The van der Waals surface area contributed by atoms with E-state index in [4.69, 9.17) is 0 Å². The minimum atomic E-state index is -4.29. The number of rotatable bonds is 4. The number of carbonyl (C=O) groups excluding carboxylic acids is 1. The summed E-state index contributed by atoms with van der Waals surface area (Å²) in [4.78, 5) is 17.7. The Bertz CT molecular complexity index is 731. The van der Waals surface area contributed by atoms with E-state index in [1.807, 2.05) is 30.3 Å². The number of likely N-dealkylation sites (tertiary alicyclic amines) is 1. The van der Waals surface area contributed by atoms with E-state index in [9.17, 15) is 18.0 Å². The van der Waals surface area contributed by atoms with Gasteiger partial charge in [-0.3, -0.25) is 9.78 Å². The first-order valence-electron chi connectivity index (χ1n) is 8.19. The summed E-state index contributed by atoms with van der Waals surface area (Å²) in [6.45, 7) is 0.945. The van der Waals surface area contributed by atoms with Crippen molar-refractivity contribution >= 4 is 5.91 Å². The van der Waals surface area contributed by atoms with Crippen LogP contribution >= 0.6 is 0 Å². The number of aromatic nitrogens is 1. The number of pyridine rings is 1. The molecule has 1 aromatic carbocycles. The highest BCUT2D eigenvalue weighted by atomic mass is 19.4. The first-order chi connectivity index (χ1) is 11.9. The van der Waals surface area contributed by atoms with Crippen molar-refractivity contribution < 1.29 is 18.0 Å². The van der Waals surface area contributed by atoms with Crippen molar-refractivity contribution in [1.82, 2.24) is 9.88 Å². The summed E-state index contributed by atoms with van der Waals surface area (Å²) in [5.74, 6) is -0.315. The number of hydrogen-bond acceptors (Lipinski definition) is 2. The first kappa shape index (κ1) is 17.5. The smallest absolute Gasteiger partial charge is 0.342 e. The van der Waals surface area contributed by atoms with Gasteiger partial charge in [-0.15, -0.1) is 0 Å². The molecule has 1 fully saturated rings. The molecule has 3 nitrogen and oxygen atoms in total. The van der Waals surface area contributed by atoms with E-state index in [2.05, 4.69) is 11.1 Å². The molecule has 1 aliphatic rings. The van der Waals surface area contributed by atoms with Crippen molar-refractivity contribution in [1.29, 1.82) is 0 Å². The summed E-state index contributed by atoms with van der Waals surface area (Å²) < 4.78 is 36.9. The van der Waals surface area contributed by atoms with E-state index in [0.717, 1.165) is 23.1 Å². The van der Waals surface area contributed by atoms with Gasteiger partial charge in [0.1, 0.15) is 0 Å². The molecule has 2 heterocycles. The van der Waals surface area contributed by atoms with Gasteiger partial charge in [0.2, 0.25) is 5.91 Å². The van der Waals surface area contributed by atoms with Crippen molar-refractivity contribution in [3.05, 3.63) is 54.4 Å². The molecule has 1 radical (unpaired) electrons. The number of amides is 1. The van der Waals surface area contributed by atoms with E-state index in [1.165, 1.54) is 0 Å². The third kappa shape index (κ3) is 4.38. The Kier molecular flexibility index (Phi) is 5.06. The summed E-state index contributed by atoms with van der Waals surface area (Å²) in [6, 6.07) is 12.6. The highest BCUT2D eigenvalue weighted by Crippen LogP contribution is 2.35. The lowest BCUT2D eigenvalue weighted by molar-refractivity contribution is -0.148. The fraction of sp³-hybridized carbons (Fsp3) is 0.368. The Morgan fingerprint density at radius 3 is 2.92 bits per heavy atom. The minimum Gasteiger partial charge on any atom is -0.342 e. The van der Waals surface area contributed by atoms with Gasteiger partial charge in [-0.1, -0.05) is 18.2 Å². The Balaban J connectivity index is 1.72. The van der Waals surface area contributed by atoms with Crippen molar-refractivity contribution in [3.63, 3.8) is 0 Å². The van der Waals surface area contributed by atoms with Crippen molar-refractivity contribution in [2.75, 3.05) is 13.1 Å². The Hall–Kier alpha value is -2.37. The molecule has 0 N–H and O–H groups in total. The molecular weight excluding hydrogens is 329 g/mol. The molecule has 0 bridgehead atoms. The molecule has 1 atom stereocenters. The maximum Gasteiger partial charge on any atom is 0.389 e. The van der Waals surface area contributed by atoms with Crippen LogP contribution in [-0.2, 0) is 4.79 Å². The lowest BCUT2D eigenvalue weighted by Gasteiger charge is -2.19. The van der Waals surface area contributed by atoms with Crippen molar-refractivity contribution in [2.45, 2.75) is 31.4 Å². The number of carbonyl (C=O) groups is 1. The number of hydrogen-bond donors (Lipinski definition) is 0. The molecule has 1 saturated heterocycles. The third-order valence-corrected chi connectivity index (χ3v) is 4.47. The van der Waals surface area contributed by atoms with Gasteiger partial charge in [0, 0.05) is 43.4 Å². The molecule has 1 unspecified atom stereocenters. The lowest BCUT2D eigenvalue weighted by atomic mass is 9.90. The van der Waals surface area contributed by atoms with Crippen LogP contribution in [0.1, 0.15) is 30.7 Å². The van der Waals surface area contributed by atoms with E-state index < -0.39 is 24.9 Å². The van der Waals surface area contributed by atoms with Gasteiger partial charge in [-0.05, 0) is 35.7 Å². The number of alkyl halides is 3. The molecule has 3 rings (SSSR count). The van der Waals surface area contributed by atoms with Crippen LogP contribution in [0, 0.1) is 6.07 Å². The standard InChI is InChI=1S/C19H18F3N2O/c20-19(21,22)9-7-18(25)24-11-8-15(13-24)17-6-2-1-5-16(17)14-4-3-10-23-12-14/h2-6,10,12,15H,7-9,11,13H2. The number of benzene rings is 1. The number of nitrogens with zero attached hydrogens (tertiary/aromatic N) is 2. The van der Waals surface area contributed by atoms with Crippen LogP contribution in [0.3, 0.4) is 0 Å². The largest absolute Gasteiger partial charge is 0.389 e. The highest BCUT2D eigenvalue weighted by Gasteiger charge is 2.32. The van der Waals surface area contributed by atoms with Gasteiger partial charge in [-0.25, -0.2) is 0 Å². The monoisotopic (exact) mass is 347 g/mol. The predicted octanol–water partition coefficient (Wildman–Crippen LogP) is 4.21. The van der Waals surface area contributed by atoms with Gasteiger partial charge in [0.15, 0.2) is 0 Å². The minimum absolute atomic E-state index is 0.111. The molecule has 25 heavy (non-hydrogen) atoms. The Morgan fingerprint density at radius 1 is 1.36 bits per heavy atom. The molecule has 6 heteroatoms. The highest BCUT2D eigenvalue weighted by molar-refractivity contribution is 5.77. The zero-order valence-electron chi connectivity index (χ0n) is 13.6. The Labute approximate surface area is 144 Å². The summed E-state index contributed by atoms with van der Waals surface area (Å²) in [7, 11) is 0. The summed E-state index contributed by atoms with van der Waals surface area (Å²) in [6.07, 6.45) is -1.62. The molecule has 1 aliphatic heterocycles. The summed E-state index contributed by atoms with van der Waals surface area (Å²) >= 11 is 0. The van der Waals surface area contributed by atoms with E-state index in [1.54, 1.807) is 17.3 Å². The Morgan fingerprint density at radius 2 is 2.20 bits per heavy atom. The van der Waals surface area contributed by atoms with Gasteiger partial charge in [0.05, 0.1) is 6.42 Å². The third-order valence-electron chi connectivity index (χ3n) is 4.47. The average molecular weight is 347 g/mol. The van der Waals surface area contributed by atoms with Crippen LogP contribution in [0.4, 0.5) is 13.2 Å². The second-order valence-corrected chi connectivity index (χ2v) is 6.20. The normalized spacial score (nSPS) is 17.7. The molecule has 1 amide bonds. The molecule has 0 spiro atoms. The van der Waals surface area contributed by atoms with Crippen LogP contribution in [0.2, 0.25) is 0 Å². The average Bonchev–Trinajstić information content (AvgIpc) is 3.10. The molecule has 2 aromatic rings. The van der Waals surface area contributed by atoms with E-state index in [-0.39, 0.29) is 5.92 Å². The number of halogens is 3. The van der Waals surface area contributed by atoms with Crippen LogP contribution in [0.5, 0.6) is 0 Å². The second kappa shape index (κ2) is 7.25. The fourth-order valence-corrected chi connectivity index (χ4v) is 3.22. The lowest BCUT2D eigenvalue weighted by Crippen LogP contribution is -2.29. The maximum absolute atomic E-state index is 12.3. The fourth-order valence-electron chi connectivity index (χ4n) is 3.22. The zero-order chi connectivity index (χ0) is 17.9. The second-order valence-electron chi connectivity index (χ2n) is 6.20. The van der Waals surface area contributed by atoms with Gasteiger partial charge >= 0.3 is 6.18 Å². The quantitative estimate of drug-likeness (QED) is 0.830. The molecule has 131 valence electrons. The van der Waals surface area contributed by atoms with E-state index in [0.29, 0.717) is 13.1 Å². The molecule has 1 aromatic heterocycles. The SMILES string of the molecule is O=C(CCC(F)(F)F)N1CCC(c2cc[c]cc2-c2cccnc2)C1. The van der Waals surface area contributed by atoms with Gasteiger partial charge in [0.25, 0.3) is 0 Å². The van der Waals surface area contributed by atoms with Gasteiger partial charge in [-0.2, -0.15) is 13.2 Å². The van der Waals surface area contributed by atoms with Crippen LogP contribution in [-0.4, -0.2) is 35.1 Å². The van der Waals surface area contributed by atoms with Crippen LogP contribution in [0.15, 0.2) is 42.7 Å². The summed E-state index contributed by atoms with van der Waals surface area (Å²) in [5, 5.41) is 0. The van der Waals surface area contributed by atoms with E-state index >= 15 is 0 Å². The topological polar surface area (TPSA) is 33.2 Å². The van der Waals surface area contributed by atoms with Crippen molar-refractivity contribution in [3.8, 4) is 11.1 Å². The zero-order valence-corrected chi connectivity index (χ0v) is 13.6.